The molecule has 0 aliphatic carbocycles. The normalized spacial score (nSPS) is 9.88. The molecule has 0 aliphatic heterocycles. The number of nitrogens with zero attached hydrogens (tertiary/aromatic N) is 3. The predicted molar refractivity (Wildman–Crippen MR) is 63.0 cm³/mol. The lowest BCUT2D eigenvalue weighted by Gasteiger charge is -2.09. The van der Waals surface area contributed by atoms with E-state index < -0.39 is 0 Å². The number of nitriles is 1. The van der Waals surface area contributed by atoms with Crippen LogP contribution in [0.4, 0.5) is 0 Å². The first-order valence-electron chi connectivity index (χ1n) is 5.32. The van der Waals surface area contributed by atoms with Gasteiger partial charge in [0.2, 0.25) is 0 Å². The third-order valence-electron chi connectivity index (χ3n) is 2.63. The molecule has 2 aromatic rings. The van der Waals surface area contributed by atoms with Gasteiger partial charge in [-0.3, -0.25) is 9.78 Å². The van der Waals surface area contributed by atoms with Gasteiger partial charge in [-0.2, -0.15) is 5.26 Å². The Balaban J connectivity index is 2.72. The monoisotopic (exact) mass is 225 g/mol. The Hall–Kier alpha value is -2.41. The van der Waals surface area contributed by atoms with Crippen LogP contribution in [0.5, 0.6) is 0 Å². The maximum Gasteiger partial charge on any atom is 0.151 e. The molecule has 0 bridgehead atoms. The van der Waals surface area contributed by atoms with Gasteiger partial charge in [-0.1, -0.05) is 6.92 Å². The highest BCUT2D eigenvalue weighted by Crippen LogP contribution is 2.20. The zero-order chi connectivity index (χ0) is 12.3. The molecule has 0 unspecified atom stereocenters. The fraction of sp³-hybridized carbons (Fsp3) is 0.154. The first kappa shape index (κ1) is 11.1. The highest BCUT2D eigenvalue weighted by molar-refractivity contribution is 5.78. The maximum absolute atomic E-state index is 11.0. The number of hydrogen-bond donors (Lipinski definition) is 0. The SMILES string of the molecule is CCc1c(C=O)cc(C#N)n1-c1ccncc1. The van der Waals surface area contributed by atoms with Crippen molar-refractivity contribution < 1.29 is 4.79 Å². The van der Waals surface area contributed by atoms with Crippen LogP contribution in [-0.2, 0) is 6.42 Å². The van der Waals surface area contributed by atoms with Gasteiger partial charge in [0.1, 0.15) is 11.8 Å². The molecule has 84 valence electrons. The van der Waals surface area contributed by atoms with Gasteiger partial charge in [-0.15, -0.1) is 0 Å². The standard InChI is InChI=1S/C13H11N3O/c1-2-13-10(9-17)7-12(8-14)16(13)11-3-5-15-6-4-11/h3-7,9H,2H2,1H3. The molecule has 2 heterocycles. The van der Waals surface area contributed by atoms with Crippen LogP contribution in [0.2, 0.25) is 0 Å². The van der Waals surface area contributed by atoms with Gasteiger partial charge in [0.15, 0.2) is 6.29 Å². The second kappa shape index (κ2) is 4.62. The lowest BCUT2D eigenvalue weighted by atomic mass is 10.2. The van der Waals surface area contributed by atoms with Gasteiger partial charge < -0.3 is 4.57 Å². The van der Waals surface area contributed by atoms with E-state index in [4.69, 9.17) is 5.26 Å². The van der Waals surface area contributed by atoms with Crippen LogP contribution in [0.25, 0.3) is 5.69 Å². The van der Waals surface area contributed by atoms with Gasteiger partial charge in [0.25, 0.3) is 0 Å². The van der Waals surface area contributed by atoms with Gasteiger partial charge >= 0.3 is 0 Å². The quantitative estimate of drug-likeness (QED) is 0.752. The third kappa shape index (κ3) is 1.83. The molecule has 0 atom stereocenters. The van der Waals surface area contributed by atoms with Crippen LogP contribution < -0.4 is 0 Å². The Morgan fingerprint density at radius 1 is 1.47 bits per heavy atom. The largest absolute Gasteiger partial charge is 0.304 e. The van der Waals surface area contributed by atoms with Crippen LogP contribution in [0, 0.1) is 11.3 Å². The first-order chi connectivity index (χ1) is 8.31. The highest BCUT2D eigenvalue weighted by Gasteiger charge is 2.14. The molecule has 0 aliphatic rings. The van der Waals surface area contributed by atoms with Crippen LogP contribution in [0.1, 0.15) is 28.7 Å². The van der Waals surface area contributed by atoms with E-state index in [0.717, 1.165) is 17.7 Å². The van der Waals surface area contributed by atoms with Crippen molar-refractivity contribution in [2.75, 3.05) is 0 Å². The predicted octanol–water partition coefficient (Wildman–Crippen LogP) is 2.12. The van der Waals surface area contributed by atoms with E-state index in [2.05, 4.69) is 11.1 Å². The summed E-state index contributed by atoms with van der Waals surface area (Å²) in [5.74, 6) is 0. The zero-order valence-corrected chi connectivity index (χ0v) is 9.42. The third-order valence-corrected chi connectivity index (χ3v) is 2.63. The summed E-state index contributed by atoms with van der Waals surface area (Å²) >= 11 is 0. The molecule has 0 saturated carbocycles. The van der Waals surface area contributed by atoms with E-state index in [0.29, 0.717) is 17.7 Å². The second-order valence-corrected chi connectivity index (χ2v) is 3.56. The van der Waals surface area contributed by atoms with Crippen molar-refractivity contribution in [1.29, 1.82) is 5.26 Å². The molecule has 0 radical (unpaired) electrons. The van der Waals surface area contributed by atoms with E-state index in [1.807, 2.05) is 19.1 Å². The molecular formula is C13H11N3O. The molecule has 0 saturated heterocycles. The number of hydrogen-bond acceptors (Lipinski definition) is 3. The van der Waals surface area contributed by atoms with Gasteiger partial charge in [0.05, 0.1) is 0 Å². The lowest BCUT2D eigenvalue weighted by molar-refractivity contribution is 0.112. The van der Waals surface area contributed by atoms with E-state index >= 15 is 0 Å². The van der Waals surface area contributed by atoms with Crippen molar-refractivity contribution in [3.63, 3.8) is 0 Å². The van der Waals surface area contributed by atoms with E-state index in [1.54, 1.807) is 23.0 Å². The molecule has 4 heteroatoms. The highest BCUT2D eigenvalue weighted by atomic mass is 16.1. The summed E-state index contributed by atoms with van der Waals surface area (Å²) in [5, 5.41) is 9.11. The summed E-state index contributed by atoms with van der Waals surface area (Å²) in [6, 6.07) is 7.35. The summed E-state index contributed by atoms with van der Waals surface area (Å²) in [7, 11) is 0. The van der Waals surface area contributed by atoms with Crippen LogP contribution in [0.15, 0.2) is 30.6 Å². The average molecular weight is 225 g/mol. The lowest BCUT2D eigenvalue weighted by Crippen LogP contribution is -2.03. The second-order valence-electron chi connectivity index (χ2n) is 3.56. The van der Waals surface area contributed by atoms with Crippen LogP contribution in [0.3, 0.4) is 0 Å². The summed E-state index contributed by atoms with van der Waals surface area (Å²) in [6.45, 7) is 1.96. The fourth-order valence-electron chi connectivity index (χ4n) is 1.90. The first-order valence-corrected chi connectivity index (χ1v) is 5.32. The topological polar surface area (TPSA) is 58.7 Å². The molecule has 2 rings (SSSR count). The van der Waals surface area contributed by atoms with Crippen molar-refractivity contribution >= 4 is 6.29 Å². The molecule has 2 aromatic heterocycles. The van der Waals surface area contributed by atoms with Crippen molar-refractivity contribution in [2.24, 2.45) is 0 Å². The Bertz CT molecular complexity index is 579. The molecule has 0 amide bonds. The Morgan fingerprint density at radius 3 is 2.71 bits per heavy atom. The van der Waals surface area contributed by atoms with Gasteiger partial charge in [0, 0.05) is 29.3 Å². The maximum atomic E-state index is 11.0. The molecule has 0 aromatic carbocycles. The molecular weight excluding hydrogens is 214 g/mol. The Labute approximate surface area is 99.1 Å². The van der Waals surface area contributed by atoms with Crippen molar-refractivity contribution in [3.05, 3.63) is 47.5 Å². The Kier molecular flexibility index (Phi) is 3.01. The van der Waals surface area contributed by atoms with Crippen LogP contribution >= 0.6 is 0 Å². The number of pyridine rings is 1. The fourth-order valence-corrected chi connectivity index (χ4v) is 1.90. The minimum Gasteiger partial charge on any atom is -0.304 e. The summed E-state index contributed by atoms with van der Waals surface area (Å²) < 4.78 is 1.80. The van der Waals surface area contributed by atoms with E-state index in [-0.39, 0.29) is 0 Å². The van der Waals surface area contributed by atoms with Crippen molar-refractivity contribution in [2.45, 2.75) is 13.3 Å². The number of carbonyl (C=O) groups excluding carboxylic acids is 1. The van der Waals surface area contributed by atoms with Crippen molar-refractivity contribution in [3.8, 4) is 11.8 Å². The number of rotatable bonds is 3. The summed E-state index contributed by atoms with van der Waals surface area (Å²) in [4.78, 5) is 14.9. The summed E-state index contributed by atoms with van der Waals surface area (Å²) in [6.07, 6.45) is 4.81. The number of aldehydes is 1. The molecule has 0 fully saturated rings. The molecule has 4 nitrogen and oxygen atoms in total. The smallest absolute Gasteiger partial charge is 0.151 e. The van der Waals surface area contributed by atoms with Gasteiger partial charge in [-0.05, 0) is 24.6 Å². The van der Waals surface area contributed by atoms with Crippen molar-refractivity contribution in [1.82, 2.24) is 9.55 Å². The number of aromatic nitrogens is 2. The zero-order valence-electron chi connectivity index (χ0n) is 9.42. The van der Waals surface area contributed by atoms with E-state index in [1.165, 1.54) is 0 Å². The number of carbonyl (C=O) groups is 1. The minimum absolute atomic E-state index is 0.468. The summed E-state index contributed by atoms with van der Waals surface area (Å²) in [5.41, 5.74) is 2.74. The minimum atomic E-state index is 0.468. The molecule has 17 heavy (non-hydrogen) atoms. The van der Waals surface area contributed by atoms with Gasteiger partial charge in [-0.25, -0.2) is 0 Å². The molecule has 0 N–H and O–H groups in total. The average Bonchev–Trinajstić information content (AvgIpc) is 2.77. The Morgan fingerprint density at radius 2 is 2.18 bits per heavy atom. The van der Waals surface area contributed by atoms with E-state index in [9.17, 15) is 4.79 Å². The molecule has 0 spiro atoms. The van der Waals surface area contributed by atoms with Crippen LogP contribution in [-0.4, -0.2) is 15.8 Å².